The molecule has 29 heavy (non-hydrogen) atoms. The zero-order valence-electron chi connectivity index (χ0n) is 15.4. The van der Waals surface area contributed by atoms with E-state index in [1.54, 1.807) is 22.2 Å². The lowest BCUT2D eigenvalue weighted by molar-refractivity contribution is 0.0671. The number of carbonyl (C=O) groups excluding carboxylic acids is 2. The number of benzene rings is 1. The van der Waals surface area contributed by atoms with Crippen LogP contribution in [-0.2, 0) is 0 Å². The summed E-state index contributed by atoms with van der Waals surface area (Å²) in [5.41, 5.74) is 2.08. The summed E-state index contributed by atoms with van der Waals surface area (Å²) in [6.45, 7) is 1.67. The Morgan fingerprint density at radius 2 is 1.76 bits per heavy atom. The van der Waals surface area contributed by atoms with Crippen molar-refractivity contribution in [1.82, 2.24) is 19.8 Å². The van der Waals surface area contributed by atoms with Crippen LogP contribution in [0.5, 0.6) is 0 Å². The van der Waals surface area contributed by atoms with Gasteiger partial charge < -0.3 is 9.80 Å². The summed E-state index contributed by atoms with van der Waals surface area (Å²) in [7, 11) is 0. The summed E-state index contributed by atoms with van der Waals surface area (Å²) in [6, 6.07) is 8.98. The molecule has 1 aliphatic rings. The maximum absolute atomic E-state index is 13.0. The minimum absolute atomic E-state index is 0.161. The highest BCUT2D eigenvalue weighted by molar-refractivity contribution is 7.14. The summed E-state index contributed by atoms with van der Waals surface area (Å²) in [4.78, 5) is 36.8. The van der Waals surface area contributed by atoms with Crippen molar-refractivity contribution in [2.24, 2.45) is 0 Å². The molecule has 0 spiro atoms. The molecule has 0 radical (unpaired) electrons. The molecule has 0 bridgehead atoms. The van der Waals surface area contributed by atoms with E-state index in [0.29, 0.717) is 36.9 Å². The molecule has 3 amide bonds. The van der Waals surface area contributed by atoms with Crippen LogP contribution in [0, 0.1) is 5.82 Å². The lowest BCUT2D eigenvalue weighted by Crippen LogP contribution is -2.51. The van der Waals surface area contributed by atoms with E-state index >= 15 is 0 Å². The lowest BCUT2D eigenvalue weighted by atomic mass is 10.2. The van der Waals surface area contributed by atoms with Gasteiger partial charge in [0.05, 0.1) is 5.69 Å². The van der Waals surface area contributed by atoms with Gasteiger partial charge in [-0.25, -0.2) is 14.2 Å². The highest BCUT2D eigenvalue weighted by Crippen LogP contribution is 2.24. The maximum atomic E-state index is 13.0. The third-order valence-corrected chi connectivity index (χ3v) is 5.38. The second-order valence-corrected chi connectivity index (χ2v) is 7.35. The number of amides is 3. The Morgan fingerprint density at radius 1 is 1.03 bits per heavy atom. The number of pyridine rings is 1. The number of halogens is 1. The molecule has 3 heterocycles. The number of hydrogen-bond donors (Lipinski definition) is 1. The molecule has 0 atom stereocenters. The van der Waals surface area contributed by atoms with Crippen molar-refractivity contribution in [2.75, 3.05) is 31.5 Å². The van der Waals surface area contributed by atoms with E-state index in [9.17, 15) is 14.0 Å². The average Bonchev–Trinajstić information content (AvgIpc) is 3.23. The number of nitrogens with one attached hydrogen (secondary N) is 1. The Kier molecular flexibility index (Phi) is 5.48. The molecule has 148 valence electrons. The van der Waals surface area contributed by atoms with Crippen molar-refractivity contribution in [3.8, 4) is 11.3 Å². The van der Waals surface area contributed by atoms with Crippen molar-refractivity contribution in [3.63, 3.8) is 0 Å². The van der Waals surface area contributed by atoms with Crippen molar-refractivity contribution in [2.45, 2.75) is 0 Å². The SMILES string of the molecule is O=C(Nc1nc(-c2cccnc2)cs1)N1CCN(C(=O)c2ccc(F)cc2)CC1. The predicted molar refractivity (Wildman–Crippen MR) is 108 cm³/mol. The number of piperazine rings is 1. The van der Waals surface area contributed by atoms with Crippen molar-refractivity contribution in [3.05, 3.63) is 65.6 Å². The van der Waals surface area contributed by atoms with Gasteiger partial charge in [0, 0.05) is 55.1 Å². The molecule has 1 N–H and O–H groups in total. The van der Waals surface area contributed by atoms with Gasteiger partial charge in [-0.2, -0.15) is 0 Å². The summed E-state index contributed by atoms with van der Waals surface area (Å²) < 4.78 is 13.0. The first-order chi connectivity index (χ1) is 14.1. The van der Waals surface area contributed by atoms with Gasteiger partial charge in [-0.05, 0) is 36.4 Å². The second kappa shape index (κ2) is 8.36. The van der Waals surface area contributed by atoms with Crippen LogP contribution in [0.25, 0.3) is 11.3 Å². The van der Waals surface area contributed by atoms with Crippen LogP contribution >= 0.6 is 11.3 Å². The summed E-state index contributed by atoms with van der Waals surface area (Å²) in [5.74, 6) is -0.539. The first-order valence-electron chi connectivity index (χ1n) is 9.07. The van der Waals surface area contributed by atoms with Gasteiger partial charge in [0.25, 0.3) is 5.91 Å². The summed E-state index contributed by atoms with van der Waals surface area (Å²) in [5, 5.41) is 5.19. The average molecular weight is 411 g/mol. The van der Waals surface area contributed by atoms with E-state index in [4.69, 9.17) is 0 Å². The number of carbonyl (C=O) groups is 2. The van der Waals surface area contributed by atoms with E-state index in [-0.39, 0.29) is 17.8 Å². The molecule has 1 saturated heterocycles. The fourth-order valence-corrected chi connectivity index (χ4v) is 3.75. The highest BCUT2D eigenvalue weighted by Gasteiger charge is 2.25. The van der Waals surface area contributed by atoms with Gasteiger partial charge in [0.1, 0.15) is 5.82 Å². The van der Waals surface area contributed by atoms with Gasteiger partial charge in [-0.1, -0.05) is 0 Å². The molecule has 1 aliphatic heterocycles. The molecule has 2 aromatic heterocycles. The van der Waals surface area contributed by atoms with Gasteiger partial charge in [-0.3, -0.25) is 15.1 Å². The zero-order valence-corrected chi connectivity index (χ0v) is 16.2. The highest BCUT2D eigenvalue weighted by atomic mass is 32.1. The van der Waals surface area contributed by atoms with Crippen LogP contribution in [0.2, 0.25) is 0 Å². The number of aromatic nitrogens is 2. The third kappa shape index (κ3) is 4.40. The van der Waals surface area contributed by atoms with Crippen LogP contribution in [-0.4, -0.2) is 57.9 Å². The first-order valence-corrected chi connectivity index (χ1v) is 9.95. The number of hydrogen-bond acceptors (Lipinski definition) is 5. The van der Waals surface area contributed by atoms with E-state index in [1.165, 1.54) is 35.6 Å². The number of anilines is 1. The molecule has 0 aliphatic carbocycles. The number of urea groups is 1. The van der Waals surface area contributed by atoms with Gasteiger partial charge in [0.2, 0.25) is 0 Å². The minimum atomic E-state index is -0.378. The fourth-order valence-electron chi connectivity index (χ4n) is 3.04. The molecule has 1 aromatic carbocycles. The first kappa shape index (κ1) is 19.0. The molecular weight excluding hydrogens is 393 g/mol. The van der Waals surface area contributed by atoms with Crippen molar-refractivity contribution >= 4 is 28.4 Å². The molecule has 9 heteroatoms. The summed E-state index contributed by atoms with van der Waals surface area (Å²) >= 11 is 1.35. The summed E-state index contributed by atoms with van der Waals surface area (Å²) in [6.07, 6.45) is 3.41. The lowest BCUT2D eigenvalue weighted by Gasteiger charge is -2.34. The molecule has 4 rings (SSSR count). The van der Waals surface area contributed by atoms with Crippen LogP contribution in [0.4, 0.5) is 14.3 Å². The Balaban J connectivity index is 1.32. The topological polar surface area (TPSA) is 78.4 Å². The quantitative estimate of drug-likeness (QED) is 0.717. The van der Waals surface area contributed by atoms with Gasteiger partial charge in [-0.15, -0.1) is 11.3 Å². The van der Waals surface area contributed by atoms with E-state index in [1.807, 2.05) is 17.5 Å². The second-order valence-electron chi connectivity index (χ2n) is 6.50. The van der Waals surface area contributed by atoms with Crippen molar-refractivity contribution in [1.29, 1.82) is 0 Å². The van der Waals surface area contributed by atoms with Crippen molar-refractivity contribution < 1.29 is 14.0 Å². The number of thiazole rings is 1. The molecule has 0 unspecified atom stereocenters. The van der Waals surface area contributed by atoms with Crippen LogP contribution < -0.4 is 5.32 Å². The van der Waals surface area contributed by atoms with Crippen LogP contribution in [0.3, 0.4) is 0 Å². The minimum Gasteiger partial charge on any atom is -0.335 e. The normalized spacial score (nSPS) is 14.0. The number of nitrogens with zero attached hydrogens (tertiary/aromatic N) is 4. The molecule has 7 nitrogen and oxygen atoms in total. The smallest absolute Gasteiger partial charge is 0.323 e. The maximum Gasteiger partial charge on any atom is 0.323 e. The van der Waals surface area contributed by atoms with Gasteiger partial charge in [0.15, 0.2) is 5.13 Å². The Morgan fingerprint density at radius 3 is 2.45 bits per heavy atom. The molecule has 1 fully saturated rings. The molecular formula is C20H18FN5O2S. The number of rotatable bonds is 3. The Bertz CT molecular complexity index is 1000. The monoisotopic (exact) mass is 411 g/mol. The van der Waals surface area contributed by atoms with E-state index < -0.39 is 0 Å². The third-order valence-electron chi connectivity index (χ3n) is 4.62. The Labute approximate surface area is 170 Å². The van der Waals surface area contributed by atoms with E-state index in [0.717, 1.165) is 11.3 Å². The largest absolute Gasteiger partial charge is 0.335 e. The van der Waals surface area contributed by atoms with Crippen LogP contribution in [0.15, 0.2) is 54.2 Å². The van der Waals surface area contributed by atoms with E-state index in [2.05, 4.69) is 15.3 Å². The predicted octanol–water partition coefficient (Wildman–Crippen LogP) is 3.33. The zero-order chi connectivity index (χ0) is 20.2. The fraction of sp³-hybridized carbons (Fsp3) is 0.200. The van der Waals surface area contributed by atoms with Gasteiger partial charge >= 0.3 is 6.03 Å². The van der Waals surface area contributed by atoms with Crippen LogP contribution in [0.1, 0.15) is 10.4 Å². The molecule has 0 saturated carbocycles. The Hall–Kier alpha value is -3.33. The molecule has 3 aromatic rings. The standard InChI is InChI=1S/C20H18FN5O2S/c21-16-5-3-14(4-6-16)18(27)25-8-10-26(11-9-25)20(28)24-19-23-17(13-29-19)15-2-1-7-22-12-15/h1-7,12-13H,8-11H2,(H,23,24,28).